The van der Waals surface area contributed by atoms with Crippen molar-refractivity contribution >= 4 is 51.6 Å². The number of rotatable bonds is 3. The number of benzene rings is 2. The van der Waals surface area contributed by atoms with Crippen molar-refractivity contribution in [2.75, 3.05) is 0 Å². The first-order valence-corrected chi connectivity index (χ1v) is 7.61. The van der Waals surface area contributed by atoms with Crippen LogP contribution in [0.15, 0.2) is 36.4 Å². The zero-order valence-corrected chi connectivity index (χ0v) is 14.1. The lowest BCUT2D eigenvalue weighted by Crippen LogP contribution is -2.13. The van der Waals surface area contributed by atoms with Gasteiger partial charge in [-0.05, 0) is 58.5 Å². The Morgan fingerprint density at radius 3 is 2.57 bits per heavy atom. The van der Waals surface area contributed by atoms with Gasteiger partial charge in [-0.1, -0.05) is 29.3 Å². The third-order valence-corrected chi connectivity index (χ3v) is 4.36. The normalized spacial score (nSPS) is 11.8. The van der Waals surface area contributed by atoms with Crippen molar-refractivity contribution in [2.24, 2.45) is 0 Å². The number of nitrogens with zero attached hydrogens (tertiary/aromatic N) is 1. The summed E-state index contributed by atoms with van der Waals surface area (Å²) in [7, 11) is 0. The van der Waals surface area contributed by atoms with Gasteiger partial charge in [-0.15, -0.1) is 0 Å². The molecule has 1 atom stereocenters. The highest BCUT2D eigenvalue weighted by atomic mass is 127. The van der Waals surface area contributed by atoms with Crippen molar-refractivity contribution in [2.45, 2.75) is 5.92 Å². The smallest absolute Gasteiger partial charge is 0.185 e. The van der Waals surface area contributed by atoms with E-state index in [9.17, 15) is 14.4 Å². The number of hydrogen-bond donors (Lipinski definition) is 0. The maximum atomic E-state index is 13.1. The molecule has 0 saturated heterocycles. The molecule has 0 bridgehead atoms. The molecule has 0 aliphatic heterocycles. The average Bonchev–Trinajstić information content (AvgIpc) is 2.44. The van der Waals surface area contributed by atoms with Gasteiger partial charge < -0.3 is 0 Å². The molecule has 0 saturated carbocycles. The summed E-state index contributed by atoms with van der Waals surface area (Å²) in [5, 5.41) is 9.76. The lowest BCUT2D eigenvalue weighted by atomic mass is 9.92. The Morgan fingerprint density at radius 2 is 1.95 bits per heavy atom. The first kappa shape index (κ1) is 16.2. The molecule has 0 amide bonds. The molecule has 21 heavy (non-hydrogen) atoms. The van der Waals surface area contributed by atoms with Crippen LogP contribution in [0.2, 0.25) is 10.0 Å². The van der Waals surface area contributed by atoms with E-state index in [1.807, 2.05) is 28.7 Å². The number of ketones is 1. The van der Waals surface area contributed by atoms with Crippen molar-refractivity contribution in [1.29, 1.82) is 5.26 Å². The van der Waals surface area contributed by atoms with Crippen LogP contribution in [0, 0.1) is 20.7 Å². The Balaban J connectivity index is 2.49. The summed E-state index contributed by atoms with van der Waals surface area (Å²) in [6, 6.07) is 10.4. The minimum Gasteiger partial charge on any atom is -0.292 e. The Hall–Kier alpha value is -1.16. The highest BCUT2D eigenvalue weighted by Crippen LogP contribution is 2.30. The van der Waals surface area contributed by atoms with Crippen LogP contribution >= 0.6 is 45.8 Å². The van der Waals surface area contributed by atoms with E-state index in [-0.39, 0.29) is 10.6 Å². The first-order valence-electron chi connectivity index (χ1n) is 5.78. The zero-order chi connectivity index (χ0) is 15.6. The molecule has 0 aromatic heterocycles. The van der Waals surface area contributed by atoms with Gasteiger partial charge in [0.1, 0.15) is 11.7 Å². The second-order valence-electron chi connectivity index (χ2n) is 4.22. The molecule has 0 radical (unpaired) electrons. The van der Waals surface area contributed by atoms with Gasteiger partial charge in [0.15, 0.2) is 5.78 Å². The van der Waals surface area contributed by atoms with Crippen LogP contribution in [0.5, 0.6) is 0 Å². The molecule has 0 N–H and O–H groups in total. The summed E-state index contributed by atoms with van der Waals surface area (Å²) in [6.07, 6.45) is 0. The SMILES string of the molecule is N#CC(C(=O)c1cc(Cl)ccc1I)c1ccc(F)cc1Cl. The van der Waals surface area contributed by atoms with Crippen LogP contribution in [0.25, 0.3) is 0 Å². The molecule has 2 aromatic carbocycles. The van der Waals surface area contributed by atoms with E-state index in [0.717, 1.165) is 6.07 Å². The van der Waals surface area contributed by atoms with Gasteiger partial charge in [-0.2, -0.15) is 5.26 Å². The summed E-state index contributed by atoms with van der Waals surface area (Å²) in [4.78, 5) is 12.5. The number of carbonyl (C=O) groups is 1. The van der Waals surface area contributed by atoms with Crippen LogP contribution in [-0.4, -0.2) is 5.78 Å². The van der Waals surface area contributed by atoms with Crippen molar-refractivity contribution in [3.8, 4) is 6.07 Å². The van der Waals surface area contributed by atoms with Gasteiger partial charge >= 0.3 is 0 Å². The Morgan fingerprint density at radius 1 is 1.24 bits per heavy atom. The fourth-order valence-corrected chi connectivity index (χ4v) is 2.90. The number of halogens is 4. The first-order chi connectivity index (χ1) is 9.93. The second-order valence-corrected chi connectivity index (χ2v) is 6.22. The fourth-order valence-electron chi connectivity index (χ4n) is 1.85. The molecule has 6 heteroatoms. The molecule has 0 aliphatic rings. The van der Waals surface area contributed by atoms with Crippen molar-refractivity contribution in [1.82, 2.24) is 0 Å². The lowest BCUT2D eigenvalue weighted by molar-refractivity contribution is 0.0978. The van der Waals surface area contributed by atoms with Crippen molar-refractivity contribution < 1.29 is 9.18 Å². The number of Topliss-reactive ketones (excluding diaryl/α,β-unsaturated/α-hetero) is 1. The van der Waals surface area contributed by atoms with Gasteiger partial charge in [0.2, 0.25) is 0 Å². The van der Waals surface area contributed by atoms with E-state index < -0.39 is 17.5 Å². The summed E-state index contributed by atoms with van der Waals surface area (Å²) < 4.78 is 13.8. The van der Waals surface area contributed by atoms with E-state index >= 15 is 0 Å². The number of nitriles is 1. The Labute approximate surface area is 144 Å². The van der Waals surface area contributed by atoms with Crippen LogP contribution in [0.4, 0.5) is 4.39 Å². The molecule has 0 heterocycles. The molecule has 2 nitrogen and oxygen atoms in total. The third kappa shape index (κ3) is 3.54. The van der Waals surface area contributed by atoms with Crippen LogP contribution in [0.3, 0.4) is 0 Å². The second kappa shape index (κ2) is 6.73. The summed E-state index contributed by atoms with van der Waals surface area (Å²) in [5.74, 6) is -2.05. The van der Waals surface area contributed by atoms with E-state index in [4.69, 9.17) is 23.2 Å². The maximum Gasteiger partial charge on any atom is 0.185 e. The lowest BCUT2D eigenvalue weighted by Gasteiger charge is -2.12. The molecular weight excluding hydrogens is 427 g/mol. The van der Waals surface area contributed by atoms with Crippen molar-refractivity contribution in [3.05, 3.63) is 67.0 Å². The molecule has 2 rings (SSSR count). The van der Waals surface area contributed by atoms with E-state index in [1.165, 1.54) is 18.2 Å². The molecule has 0 fully saturated rings. The summed E-state index contributed by atoms with van der Waals surface area (Å²) >= 11 is 13.8. The van der Waals surface area contributed by atoms with Gasteiger partial charge in [0, 0.05) is 19.2 Å². The predicted octanol–water partition coefficient (Wildman–Crippen LogP) is 5.23. The highest BCUT2D eigenvalue weighted by molar-refractivity contribution is 14.1. The molecule has 106 valence electrons. The predicted molar refractivity (Wildman–Crippen MR) is 88.3 cm³/mol. The largest absolute Gasteiger partial charge is 0.292 e. The Bertz CT molecular complexity index is 758. The summed E-state index contributed by atoms with van der Waals surface area (Å²) in [5.41, 5.74) is 0.622. The number of hydrogen-bond acceptors (Lipinski definition) is 2. The molecule has 2 aromatic rings. The van der Waals surface area contributed by atoms with Gasteiger partial charge in [0.25, 0.3) is 0 Å². The van der Waals surface area contributed by atoms with Crippen LogP contribution < -0.4 is 0 Å². The van der Waals surface area contributed by atoms with Crippen LogP contribution in [-0.2, 0) is 0 Å². The standard InChI is InChI=1S/C15H7Cl2FINO/c16-8-1-4-14(19)11(5-8)15(21)12(7-20)10-3-2-9(18)6-13(10)17/h1-6,12H. The summed E-state index contributed by atoms with van der Waals surface area (Å²) in [6.45, 7) is 0. The van der Waals surface area contributed by atoms with Gasteiger partial charge in [-0.25, -0.2) is 4.39 Å². The number of carbonyl (C=O) groups excluding carboxylic acids is 1. The van der Waals surface area contributed by atoms with Gasteiger partial charge in [0.05, 0.1) is 6.07 Å². The maximum absolute atomic E-state index is 13.1. The van der Waals surface area contributed by atoms with E-state index in [1.54, 1.807) is 12.1 Å². The van der Waals surface area contributed by atoms with E-state index in [2.05, 4.69) is 0 Å². The molecule has 0 aliphatic carbocycles. The Kier molecular flexibility index (Phi) is 5.20. The van der Waals surface area contributed by atoms with Gasteiger partial charge in [-0.3, -0.25) is 4.79 Å². The minimum absolute atomic E-state index is 0.0481. The zero-order valence-electron chi connectivity index (χ0n) is 10.4. The quantitative estimate of drug-likeness (QED) is 0.491. The monoisotopic (exact) mass is 433 g/mol. The molecule has 0 spiro atoms. The molecular formula is C15H7Cl2FINO. The average molecular weight is 434 g/mol. The fraction of sp³-hybridized carbons (Fsp3) is 0.0667. The topological polar surface area (TPSA) is 40.9 Å². The van der Waals surface area contributed by atoms with Crippen LogP contribution in [0.1, 0.15) is 21.8 Å². The van der Waals surface area contributed by atoms with Crippen molar-refractivity contribution in [3.63, 3.8) is 0 Å². The third-order valence-electron chi connectivity index (χ3n) is 2.86. The molecule has 1 unspecified atom stereocenters. The minimum atomic E-state index is -1.11. The highest BCUT2D eigenvalue weighted by Gasteiger charge is 2.26. The van der Waals surface area contributed by atoms with E-state index in [0.29, 0.717) is 14.2 Å².